The molecule has 1 heterocycles. The minimum atomic E-state index is -2.57. The summed E-state index contributed by atoms with van der Waals surface area (Å²) in [5.41, 5.74) is 3.37. The molecule has 7 nitrogen and oxygen atoms in total. The zero-order valence-corrected chi connectivity index (χ0v) is 38.4. The average molecular weight is 830 g/mol. The molecule has 1 aliphatic heterocycles. The van der Waals surface area contributed by atoms with Gasteiger partial charge in [-0.15, -0.1) is 0 Å². The van der Waals surface area contributed by atoms with Gasteiger partial charge in [0.15, 0.2) is 6.61 Å². The third kappa shape index (κ3) is 13.4. The van der Waals surface area contributed by atoms with Crippen LogP contribution >= 0.6 is 11.6 Å². The zero-order valence-electron chi connectivity index (χ0n) is 35.7. The lowest BCUT2D eigenvalue weighted by Crippen LogP contribution is -2.66. The van der Waals surface area contributed by atoms with E-state index in [0.717, 1.165) is 68.8 Å². The molecule has 4 rings (SSSR count). The van der Waals surface area contributed by atoms with E-state index >= 15 is 0 Å². The summed E-state index contributed by atoms with van der Waals surface area (Å²) in [6.45, 7) is 19.9. The fourth-order valence-electron chi connectivity index (χ4n) is 7.42. The molecule has 3 aromatic rings. The number of ether oxygens (including phenoxy) is 1. The van der Waals surface area contributed by atoms with Gasteiger partial charge in [0.1, 0.15) is 0 Å². The summed E-state index contributed by atoms with van der Waals surface area (Å²) in [6.07, 6.45) is 14.2. The largest absolute Gasteiger partial charge is 0.462 e. The Morgan fingerprint density at radius 1 is 0.825 bits per heavy atom. The van der Waals surface area contributed by atoms with Crippen molar-refractivity contribution in [2.75, 3.05) is 32.9 Å². The van der Waals surface area contributed by atoms with Crippen molar-refractivity contribution < 1.29 is 23.6 Å². The molecule has 0 radical (unpaired) electrons. The molecule has 308 valence electrons. The second-order valence-corrected chi connectivity index (χ2v) is 27.7. The van der Waals surface area contributed by atoms with Gasteiger partial charge in [-0.05, 0) is 96.6 Å². The van der Waals surface area contributed by atoms with Gasteiger partial charge in [0, 0.05) is 39.2 Å². The third-order valence-electron chi connectivity index (χ3n) is 10.5. The zero-order chi connectivity index (χ0) is 41.5. The molecule has 1 fully saturated rings. The number of likely N-dealkylation sites (tertiary alicyclic amines) is 1. The Balaban J connectivity index is 1.45. The average Bonchev–Trinajstić information content (AvgIpc) is 3.17. The molecule has 1 saturated heterocycles. The molecule has 1 aliphatic rings. The highest BCUT2D eigenvalue weighted by Gasteiger charge is 2.49. The van der Waals surface area contributed by atoms with Crippen LogP contribution in [-0.4, -0.2) is 71.8 Å². The van der Waals surface area contributed by atoms with E-state index in [9.17, 15) is 9.59 Å². The van der Waals surface area contributed by atoms with Crippen LogP contribution in [0, 0.1) is 13.8 Å². The summed E-state index contributed by atoms with van der Waals surface area (Å²) >= 11 is 6.92. The summed E-state index contributed by atoms with van der Waals surface area (Å²) in [4.78, 5) is 33.9. The van der Waals surface area contributed by atoms with E-state index in [-0.39, 0.29) is 29.9 Å². The lowest BCUT2D eigenvalue weighted by atomic mass is 9.94. The van der Waals surface area contributed by atoms with E-state index < -0.39 is 16.4 Å². The number of aryl methyl sites for hydroxylation is 2. The Hall–Kier alpha value is -3.77. The molecule has 0 unspecified atom stereocenters. The van der Waals surface area contributed by atoms with Gasteiger partial charge in [0.05, 0.1) is 17.9 Å². The van der Waals surface area contributed by atoms with Crippen molar-refractivity contribution in [3.05, 3.63) is 118 Å². The molecule has 0 N–H and O–H groups in total. The first-order valence-corrected chi connectivity index (χ1v) is 26.6. The summed E-state index contributed by atoms with van der Waals surface area (Å²) in [6, 6.07) is 24.3. The predicted octanol–water partition coefficient (Wildman–Crippen LogP) is 10.2. The van der Waals surface area contributed by atoms with Gasteiger partial charge >= 0.3 is 5.97 Å². The third-order valence-corrected chi connectivity index (χ3v) is 17.7. The van der Waals surface area contributed by atoms with Gasteiger partial charge in [-0.25, -0.2) is 4.79 Å². The maximum absolute atomic E-state index is 13.5. The number of hydrogen-bond acceptors (Lipinski definition) is 6. The number of allylic oxidation sites excluding steroid dienone is 3. The number of rotatable bonds is 19. The van der Waals surface area contributed by atoms with E-state index in [0.29, 0.717) is 35.1 Å². The van der Waals surface area contributed by atoms with Crippen LogP contribution in [0.4, 0.5) is 0 Å². The highest BCUT2D eigenvalue weighted by molar-refractivity contribution is 6.99. The molecule has 1 amide bonds. The van der Waals surface area contributed by atoms with E-state index in [2.05, 4.69) is 124 Å². The van der Waals surface area contributed by atoms with Crippen LogP contribution in [0.1, 0.15) is 86.3 Å². The Labute approximate surface area is 349 Å². The van der Waals surface area contributed by atoms with E-state index in [1.165, 1.54) is 10.4 Å². The SMILES string of the molecule is Cc1cc(C)c(C(=O)OCC[Si](C)(C)C)c(CC(/C=C/CC/C=C/CCO[Si](c2ccccc2)(c2ccccc2)C(C)(C)C)=NOCC(=O)N2CCCCC2)c1Cl. The predicted molar refractivity (Wildman–Crippen MR) is 243 cm³/mol. The van der Waals surface area contributed by atoms with Crippen LogP contribution in [0.15, 0.2) is 96.2 Å². The van der Waals surface area contributed by atoms with E-state index in [4.69, 9.17) is 25.6 Å². The summed E-state index contributed by atoms with van der Waals surface area (Å²) in [5, 5.41) is 7.45. The summed E-state index contributed by atoms with van der Waals surface area (Å²) < 4.78 is 12.8. The molecule has 0 saturated carbocycles. The fourth-order valence-corrected chi connectivity index (χ4v) is 12.9. The molecular weight excluding hydrogens is 764 g/mol. The van der Waals surface area contributed by atoms with Crippen molar-refractivity contribution in [1.29, 1.82) is 0 Å². The number of carbonyl (C=O) groups excluding carboxylic acids is 2. The molecule has 0 atom stereocenters. The first kappa shape index (κ1) is 45.9. The van der Waals surface area contributed by atoms with Crippen molar-refractivity contribution in [1.82, 2.24) is 4.90 Å². The number of esters is 1. The van der Waals surface area contributed by atoms with Crippen molar-refractivity contribution in [2.45, 2.75) is 110 Å². The van der Waals surface area contributed by atoms with Gasteiger partial charge in [-0.1, -0.05) is 142 Å². The highest BCUT2D eigenvalue weighted by atomic mass is 35.5. The maximum Gasteiger partial charge on any atom is 0.338 e. The minimum absolute atomic E-state index is 0.0653. The first-order valence-electron chi connectivity index (χ1n) is 20.6. The standard InChI is InChI=1S/C47H65ClN2O5Si2/c1-37-34-38(2)45(48)42(44(37)46(52)53-32-33-56(6,7)8)35-39(49-54-36-43(51)50-29-21-15-22-30-50)24-16-11-9-10-12-23-31-55-57(47(3,4)5,40-25-17-13-18-26-40)41-27-19-14-20-28-41/h10,12-14,16-20,24-28,34H,9,11,15,21-23,29-33,35-36H2,1-8H3/b12-10+,24-16+,49-39?. The number of oxime groups is 1. The van der Waals surface area contributed by atoms with Crippen molar-refractivity contribution >= 4 is 56.0 Å². The molecule has 0 aromatic heterocycles. The lowest BCUT2D eigenvalue weighted by Gasteiger charge is -2.43. The quantitative estimate of drug-likeness (QED) is 0.0300. The Morgan fingerprint density at radius 3 is 2.02 bits per heavy atom. The normalized spacial score (nSPS) is 14.4. The number of carbonyl (C=O) groups is 2. The van der Waals surface area contributed by atoms with Gasteiger partial charge in [0.25, 0.3) is 14.2 Å². The number of amides is 1. The number of halogens is 1. The summed E-state index contributed by atoms with van der Waals surface area (Å²) in [5.74, 6) is -0.446. The number of hydrogen-bond donors (Lipinski definition) is 0. The van der Waals surface area contributed by atoms with Gasteiger partial charge < -0.3 is 18.9 Å². The second kappa shape index (κ2) is 21.8. The molecule has 10 heteroatoms. The smallest absolute Gasteiger partial charge is 0.338 e. The topological polar surface area (TPSA) is 77.4 Å². The Morgan fingerprint density at radius 2 is 1.42 bits per heavy atom. The van der Waals surface area contributed by atoms with Crippen molar-refractivity contribution in [3.8, 4) is 0 Å². The van der Waals surface area contributed by atoms with Crippen molar-refractivity contribution in [2.24, 2.45) is 5.16 Å². The summed E-state index contributed by atoms with van der Waals surface area (Å²) in [7, 11) is -3.97. The number of unbranched alkanes of at least 4 members (excludes halogenated alkanes) is 1. The van der Waals surface area contributed by atoms with Crippen LogP contribution in [0.25, 0.3) is 0 Å². The molecule has 3 aromatic carbocycles. The highest BCUT2D eigenvalue weighted by Crippen LogP contribution is 2.37. The molecule has 0 spiro atoms. The number of nitrogens with zero attached hydrogens (tertiary/aromatic N) is 2. The van der Waals surface area contributed by atoms with Gasteiger partial charge in [0.2, 0.25) is 0 Å². The van der Waals surface area contributed by atoms with E-state index in [1.807, 2.05) is 30.9 Å². The van der Waals surface area contributed by atoms with Crippen LogP contribution in [-0.2, 0) is 25.2 Å². The second-order valence-electron chi connectivity index (χ2n) is 17.4. The molecular formula is C47H65ClN2O5Si2. The number of piperidine rings is 1. The van der Waals surface area contributed by atoms with Gasteiger partial charge in [-0.3, -0.25) is 4.79 Å². The lowest BCUT2D eigenvalue weighted by molar-refractivity contribution is -0.137. The van der Waals surface area contributed by atoms with Gasteiger partial charge in [-0.2, -0.15) is 0 Å². The fraction of sp³-hybridized carbons (Fsp3) is 0.468. The van der Waals surface area contributed by atoms with Crippen molar-refractivity contribution in [3.63, 3.8) is 0 Å². The molecule has 57 heavy (non-hydrogen) atoms. The van der Waals surface area contributed by atoms with E-state index in [1.54, 1.807) is 0 Å². The molecule has 0 aliphatic carbocycles. The number of benzene rings is 3. The van der Waals surface area contributed by atoms with Crippen LogP contribution in [0.2, 0.25) is 35.7 Å². The first-order chi connectivity index (χ1) is 27.1. The minimum Gasteiger partial charge on any atom is -0.462 e. The Bertz CT molecular complexity index is 1800. The van der Waals surface area contributed by atoms with Crippen LogP contribution < -0.4 is 10.4 Å². The maximum atomic E-state index is 13.5. The molecule has 0 bridgehead atoms. The van der Waals surface area contributed by atoms with Crippen LogP contribution in [0.3, 0.4) is 0 Å². The monoisotopic (exact) mass is 828 g/mol. The Kier molecular flexibility index (Phi) is 17.6. The van der Waals surface area contributed by atoms with Crippen LogP contribution in [0.5, 0.6) is 0 Å².